The Kier molecular flexibility index (Phi) is 8.41. The molecule has 0 saturated carbocycles. The molecular formula is C7H13NO2S. The maximum absolute atomic E-state index is 8.79. The van der Waals surface area contributed by atoms with Crippen molar-refractivity contribution in [3.8, 4) is 5.75 Å². The van der Waals surface area contributed by atoms with E-state index in [0.717, 1.165) is 7.11 Å². The summed E-state index contributed by atoms with van der Waals surface area (Å²) in [5, 5.41) is 15.8. The first-order valence-corrected chi connectivity index (χ1v) is 2.79. The number of anilines is 1. The van der Waals surface area contributed by atoms with Crippen LogP contribution in [-0.2, 0) is 0 Å². The van der Waals surface area contributed by atoms with E-state index < -0.39 is 0 Å². The number of phenols is 1. The summed E-state index contributed by atoms with van der Waals surface area (Å²) < 4.78 is 0. The van der Waals surface area contributed by atoms with Gasteiger partial charge in [0.1, 0.15) is 5.75 Å². The second kappa shape index (κ2) is 7.24. The van der Waals surface area contributed by atoms with E-state index >= 15 is 0 Å². The first-order chi connectivity index (χ1) is 4.80. The molecule has 1 aromatic rings. The van der Waals surface area contributed by atoms with Crippen molar-refractivity contribution in [3.63, 3.8) is 0 Å². The summed E-state index contributed by atoms with van der Waals surface area (Å²) in [5.74, 6) is 0.146. The third kappa shape index (κ3) is 4.52. The zero-order valence-electron chi connectivity index (χ0n) is 6.28. The summed E-state index contributed by atoms with van der Waals surface area (Å²) in [6.07, 6.45) is 0. The number of rotatable bonds is 0. The number of benzene rings is 1. The van der Waals surface area contributed by atoms with Gasteiger partial charge in [0.25, 0.3) is 0 Å². The molecule has 0 unspecified atom stereocenters. The Hall–Kier alpha value is -0.870. The lowest BCUT2D eigenvalue weighted by Gasteiger charge is -1.92. The monoisotopic (exact) mass is 175 g/mol. The van der Waals surface area contributed by atoms with E-state index in [9.17, 15) is 0 Å². The third-order valence-corrected chi connectivity index (χ3v) is 0.937. The number of aromatic hydroxyl groups is 1. The smallest absolute Gasteiger partial charge is 0.138 e. The molecule has 1 aromatic carbocycles. The Morgan fingerprint density at radius 3 is 1.91 bits per heavy atom. The Morgan fingerprint density at radius 1 is 1.18 bits per heavy atom. The maximum Gasteiger partial charge on any atom is 0.138 e. The number of nitrogens with two attached hydrogens (primary N) is 1. The van der Waals surface area contributed by atoms with Gasteiger partial charge in [0, 0.05) is 7.11 Å². The number of para-hydroxylation sites is 2. The van der Waals surface area contributed by atoms with Crippen LogP contribution in [0.2, 0.25) is 0 Å². The molecule has 0 saturated heterocycles. The van der Waals surface area contributed by atoms with Gasteiger partial charge < -0.3 is 15.9 Å². The molecule has 0 aliphatic heterocycles. The van der Waals surface area contributed by atoms with Crippen molar-refractivity contribution >= 4 is 19.2 Å². The van der Waals surface area contributed by atoms with E-state index in [0.29, 0.717) is 5.69 Å². The van der Waals surface area contributed by atoms with E-state index in [1.807, 2.05) is 0 Å². The summed E-state index contributed by atoms with van der Waals surface area (Å²) in [6, 6.07) is 6.70. The number of hydrogen-bond acceptors (Lipinski definition) is 3. The van der Waals surface area contributed by atoms with Crippen LogP contribution in [0.4, 0.5) is 5.69 Å². The molecule has 3 nitrogen and oxygen atoms in total. The Labute approximate surface area is 72.9 Å². The van der Waals surface area contributed by atoms with Crippen molar-refractivity contribution in [1.29, 1.82) is 0 Å². The first kappa shape index (κ1) is 12.8. The van der Waals surface area contributed by atoms with Crippen LogP contribution >= 0.6 is 13.5 Å². The quantitative estimate of drug-likeness (QED) is 0.401. The SMILES string of the molecule is CO.Nc1ccccc1O.S. The molecule has 0 heterocycles. The van der Waals surface area contributed by atoms with Crippen molar-refractivity contribution in [3.05, 3.63) is 24.3 Å². The van der Waals surface area contributed by atoms with E-state index in [4.69, 9.17) is 15.9 Å². The summed E-state index contributed by atoms with van der Waals surface area (Å²) in [5.41, 5.74) is 5.69. The molecule has 0 aliphatic rings. The molecule has 0 amide bonds. The molecule has 0 atom stereocenters. The van der Waals surface area contributed by atoms with Crippen LogP contribution in [0, 0.1) is 0 Å². The van der Waals surface area contributed by atoms with Crippen LogP contribution < -0.4 is 5.73 Å². The van der Waals surface area contributed by atoms with Crippen LogP contribution in [0.5, 0.6) is 5.75 Å². The summed E-state index contributed by atoms with van der Waals surface area (Å²) >= 11 is 0. The minimum Gasteiger partial charge on any atom is -0.506 e. The van der Waals surface area contributed by atoms with Crippen molar-refractivity contribution in [2.45, 2.75) is 0 Å². The highest BCUT2D eigenvalue weighted by Crippen LogP contribution is 2.16. The molecule has 4 heteroatoms. The van der Waals surface area contributed by atoms with Gasteiger partial charge in [0.05, 0.1) is 5.69 Å². The van der Waals surface area contributed by atoms with Crippen LogP contribution in [0.25, 0.3) is 0 Å². The summed E-state index contributed by atoms with van der Waals surface area (Å²) in [6.45, 7) is 0. The van der Waals surface area contributed by atoms with Crippen molar-refractivity contribution < 1.29 is 10.2 Å². The lowest BCUT2D eigenvalue weighted by molar-refractivity contribution is 0.399. The third-order valence-electron chi connectivity index (χ3n) is 0.937. The first-order valence-electron chi connectivity index (χ1n) is 2.79. The number of aliphatic hydroxyl groups is 1. The second-order valence-electron chi connectivity index (χ2n) is 1.56. The summed E-state index contributed by atoms with van der Waals surface area (Å²) in [7, 11) is 1.00. The fourth-order valence-electron chi connectivity index (χ4n) is 0.488. The van der Waals surface area contributed by atoms with Gasteiger partial charge in [0.2, 0.25) is 0 Å². The fraction of sp³-hybridized carbons (Fsp3) is 0.143. The van der Waals surface area contributed by atoms with Gasteiger partial charge in [-0.05, 0) is 12.1 Å². The average Bonchev–Trinajstić information content (AvgIpc) is 2.00. The van der Waals surface area contributed by atoms with Gasteiger partial charge in [-0.2, -0.15) is 13.5 Å². The molecule has 11 heavy (non-hydrogen) atoms. The highest BCUT2D eigenvalue weighted by molar-refractivity contribution is 7.59. The minimum atomic E-state index is 0. The molecular weight excluding hydrogens is 162 g/mol. The molecule has 64 valence electrons. The van der Waals surface area contributed by atoms with Crippen molar-refractivity contribution in [2.24, 2.45) is 0 Å². The predicted octanol–water partition coefficient (Wildman–Crippen LogP) is 0.696. The Morgan fingerprint density at radius 2 is 1.64 bits per heavy atom. The molecule has 0 bridgehead atoms. The van der Waals surface area contributed by atoms with Crippen molar-refractivity contribution in [1.82, 2.24) is 0 Å². The van der Waals surface area contributed by atoms with Gasteiger partial charge in [-0.15, -0.1) is 0 Å². The Balaban J connectivity index is 0. The fourth-order valence-corrected chi connectivity index (χ4v) is 0.488. The number of hydrogen-bond donors (Lipinski definition) is 3. The zero-order valence-corrected chi connectivity index (χ0v) is 7.28. The zero-order chi connectivity index (χ0) is 7.98. The van der Waals surface area contributed by atoms with Crippen LogP contribution in [-0.4, -0.2) is 17.3 Å². The molecule has 0 aromatic heterocycles. The Bertz CT molecular complexity index is 173. The molecule has 0 fully saturated rings. The highest BCUT2D eigenvalue weighted by atomic mass is 32.1. The lowest BCUT2D eigenvalue weighted by atomic mass is 10.3. The van der Waals surface area contributed by atoms with Gasteiger partial charge in [0.15, 0.2) is 0 Å². The molecule has 1 rings (SSSR count). The van der Waals surface area contributed by atoms with E-state index in [-0.39, 0.29) is 19.2 Å². The highest BCUT2D eigenvalue weighted by Gasteiger charge is 1.87. The van der Waals surface area contributed by atoms with Crippen LogP contribution in [0.3, 0.4) is 0 Å². The number of nitrogen functional groups attached to an aromatic ring is 1. The maximum atomic E-state index is 8.79. The van der Waals surface area contributed by atoms with Crippen LogP contribution in [0.15, 0.2) is 24.3 Å². The molecule has 0 spiro atoms. The van der Waals surface area contributed by atoms with Crippen LogP contribution in [0.1, 0.15) is 0 Å². The van der Waals surface area contributed by atoms with Crippen molar-refractivity contribution in [2.75, 3.05) is 12.8 Å². The number of phenolic OH excluding ortho intramolecular Hbond substituents is 1. The van der Waals surface area contributed by atoms with Gasteiger partial charge in [-0.3, -0.25) is 0 Å². The number of aliphatic hydroxyl groups excluding tert-OH is 1. The summed E-state index contributed by atoms with van der Waals surface area (Å²) in [4.78, 5) is 0. The molecule has 0 aliphatic carbocycles. The predicted molar refractivity (Wildman–Crippen MR) is 51.0 cm³/mol. The lowest BCUT2D eigenvalue weighted by Crippen LogP contribution is -1.82. The van der Waals surface area contributed by atoms with Gasteiger partial charge in [-0.1, -0.05) is 12.1 Å². The van der Waals surface area contributed by atoms with E-state index in [1.54, 1.807) is 24.3 Å². The largest absolute Gasteiger partial charge is 0.506 e. The van der Waals surface area contributed by atoms with E-state index in [2.05, 4.69) is 0 Å². The normalized spacial score (nSPS) is 7.09. The molecule has 4 N–H and O–H groups in total. The average molecular weight is 175 g/mol. The van der Waals surface area contributed by atoms with Gasteiger partial charge >= 0.3 is 0 Å². The molecule has 0 radical (unpaired) electrons. The minimum absolute atomic E-state index is 0. The van der Waals surface area contributed by atoms with E-state index in [1.165, 1.54) is 0 Å². The standard InChI is InChI=1S/C6H7NO.CH4O.H2S/c7-5-3-1-2-4-6(5)8;1-2;/h1-4,8H,7H2;2H,1H3;1H2. The topological polar surface area (TPSA) is 66.5 Å². The van der Waals surface area contributed by atoms with Gasteiger partial charge in [-0.25, -0.2) is 0 Å². The second-order valence-corrected chi connectivity index (χ2v) is 1.56.